The van der Waals surface area contributed by atoms with Gasteiger partial charge in [0.05, 0.1) is 18.6 Å². The van der Waals surface area contributed by atoms with E-state index in [9.17, 15) is 33.1 Å². The normalized spacial score (nSPS) is 10.9. The first-order valence-corrected chi connectivity index (χ1v) is 8.79. The number of ketones is 1. The van der Waals surface area contributed by atoms with Gasteiger partial charge in [-0.3, -0.25) is 9.59 Å². The van der Waals surface area contributed by atoms with Crippen LogP contribution in [0, 0.1) is 11.3 Å². The van der Waals surface area contributed by atoms with E-state index in [4.69, 9.17) is 4.74 Å². The van der Waals surface area contributed by atoms with E-state index in [-0.39, 0.29) is 37.1 Å². The number of nitriles is 1. The molecule has 1 heterocycles. The maximum Gasteiger partial charge on any atom is 0.573 e. The van der Waals surface area contributed by atoms with Gasteiger partial charge < -0.3 is 14.6 Å². The van der Waals surface area contributed by atoms with Crippen LogP contribution in [0.2, 0.25) is 0 Å². The average Bonchev–Trinajstić information content (AvgIpc) is 2.66. The number of nitrogens with zero attached hydrogens (tertiary/aromatic N) is 2. The SMILES string of the molecule is CCOC(=O)CCC(=O)c1nc(Cc2cccc(OC(F)(F)F)c2)cc(C#N)c1O. The highest BCUT2D eigenvalue weighted by atomic mass is 19.4. The van der Waals surface area contributed by atoms with Crippen LogP contribution in [0.5, 0.6) is 11.5 Å². The number of halogens is 3. The van der Waals surface area contributed by atoms with Crippen LogP contribution in [0.15, 0.2) is 30.3 Å². The van der Waals surface area contributed by atoms with Crippen LogP contribution in [0.1, 0.15) is 47.1 Å². The Hall–Kier alpha value is -3.61. The van der Waals surface area contributed by atoms with Gasteiger partial charge in [-0.15, -0.1) is 13.2 Å². The molecule has 2 rings (SSSR count). The summed E-state index contributed by atoms with van der Waals surface area (Å²) in [5.74, 6) is -2.31. The van der Waals surface area contributed by atoms with Crippen LogP contribution in [0.4, 0.5) is 13.2 Å². The molecule has 30 heavy (non-hydrogen) atoms. The molecule has 0 atom stereocenters. The lowest BCUT2D eigenvalue weighted by Gasteiger charge is -2.11. The lowest BCUT2D eigenvalue weighted by molar-refractivity contribution is -0.274. The molecule has 0 saturated carbocycles. The van der Waals surface area contributed by atoms with E-state index in [2.05, 4.69) is 9.72 Å². The fourth-order valence-corrected chi connectivity index (χ4v) is 2.59. The Morgan fingerprint density at radius 3 is 2.60 bits per heavy atom. The number of ether oxygens (including phenoxy) is 2. The molecule has 1 aromatic heterocycles. The van der Waals surface area contributed by atoms with Gasteiger partial charge in [0.25, 0.3) is 0 Å². The number of esters is 1. The second kappa shape index (κ2) is 9.73. The average molecular weight is 422 g/mol. The van der Waals surface area contributed by atoms with Crippen molar-refractivity contribution in [1.82, 2.24) is 4.98 Å². The molecule has 0 radical (unpaired) electrons. The first-order chi connectivity index (χ1) is 14.1. The lowest BCUT2D eigenvalue weighted by Crippen LogP contribution is -2.17. The molecule has 0 aliphatic heterocycles. The number of aromatic hydroxyl groups is 1. The van der Waals surface area contributed by atoms with Crippen molar-refractivity contribution in [3.8, 4) is 17.6 Å². The topological polar surface area (TPSA) is 110 Å². The minimum Gasteiger partial charge on any atom is -0.504 e. The van der Waals surface area contributed by atoms with Crippen molar-refractivity contribution in [3.05, 3.63) is 52.8 Å². The highest BCUT2D eigenvalue weighted by Crippen LogP contribution is 2.26. The number of pyridine rings is 1. The van der Waals surface area contributed by atoms with E-state index in [0.29, 0.717) is 5.56 Å². The number of alkyl halides is 3. The van der Waals surface area contributed by atoms with Crippen LogP contribution in [-0.2, 0) is 16.0 Å². The van der Waals surface area contributed by atoms with Gasteiger partial charge >= 0.3 is 12.3 Å². The molecule has 10 heteroatoms. The fraction of sp³-hybridized carbons (Fsp3) is 0.300. The Kier molecular flexibility index (Phi) is 7.36. The third-order valence-electron chi connectivity index (χ3n) is 3.81. The van der Waals surface area contributed by atoms with Crippen molar-refractivity contribution in [1.29, 1.82) is 5.26 Å². The minimum atomic E-state index is -4.85. The van der Waals surface area contributed by atoms with Gasteiger partial charge in [-0.1, -0.05) is 12.1 Å². The van der Waals surface area contributed by atoms with E-state index >= 15 is 0 Å². The van der Waals surface area contributed by atoms with Crippen molar-refractivity contribution in [2.45, 2.75) is 32.5 Å². The van der Waals surface area contributed by atoms with Gasteiger partial charge in [-0.05, 0) is 30.7 Å². The molecule has 1 N–H and O–H groups in total. The highest BCUT2D eigenvalue weighted by molar-refractivity contribution is 5.98. The van der Waals surface area contributed by atoms with E-state index < -0.39 is 35.3 Å². The molecular weight excluding hydrogens is 405 g/mol. The third kappa shape index (κ3) is 6.48. The Labute approximate surface area is 169 Å². The van der Waals surface area contributed by atoms with E-state index in [1.54, 1.807) is 13.0 Å². The summed E-state index contributed by atoms with van der Waals surface area (Å²) in [7, 11) is 0. The van der Waals surface area contributed by atoms with E-state index in [1.165, 1.54) is 18.2 Å². The zero-order chi connectivity index (χ0) is 22.3. The molecule has 0 bridgehead atoms. The molecule has 0 amide bonds. The number of carbonyl (C=O) groups is 2. The quantitative estimate of drug-likeness (QED) is 0.511. The van der Waals surface area contributed by atoms with Crippen LogP contribution in [0.25, 0.3) is 0 Å². The molecule has 2 aromatic rings. The summed E-state index contributed by atoms with van der Waals surface area (Å²) in [6, 6.07) is 8.12. The predicted molar refractivity (Wildman–Crippen MR) is 96.7 cm³/mol. The zero-order valence-electron chi connectivity index (χ0n) is 15.8. The fourth-order valence-electron chi connectivity index (χ4n) is 2.59. The summed E-state index contributed by atoms with van der Waals surface area (Å²) in [6.07, 6.45) is -5.39. The summed E-state index contributed by atoms with van der Waals surface area (Å²) in [5.41, 5.74) is -0.0602. The predicted octanol–water partition coefficient (Wildman–Crippen LogP) is 3.67. The van der Waals surface area contributed by atoms with Gasteiger partial charge in [0.15, 0.2) is 11.5 Å². The summed E-state index contributed by atoms with van der Waals surface area (Å²) in [5, 5.41) is 19.3. The third-order valence-corrected chi connectivity index (χ3v) is 3.81. The molecule has 0 aliphatic carbocycles. The van der Waals surface area contributed by atoms with Gasteiger partial charge in [0, 0.05) is 18.5 Å². The van der Waals surface area contributed by atoms with Crippen LogP contribution in [0.3, 0.4) is 0 Å². The van der Waals surface area contributed by atoms with Gasteiger partial charge in [-0.2, -0.15) is 5.26 Å². The number of Topliss-reactive ketones (excluding diaryl/α,β-unsaturated/α-hetero) is 1. The molecule has 0 aliphatic rings. The largest absolute Gasteiger partial charge is 0.573 e. The number of carbonyl (C=O) groups excluding carboxylic acids is 2. The second-order valence-electron chi connectivity index (χ2n) is 6.07. The Morgan fingerprint density at radius 2 is 1.97 bits per heavy atom. The standard InChI is InChI=1S/C20H17F3N2O5/c1-2-29-17(27)7-6-16(26)18-19(28)13(11-24)10-14(25-18)8-12-4-3-5-15(9-12)30-20(21,22)23/h3-5,9-10,28H,2,6-8H2,1H3. The monoisotopic (exact) mass is 422 g/mol. The molecule has 0 unspecified atom stereocenters. The molecular formula is C20H17F3N2O5. The highest BCUT2D eigenvalue weighted by Gasteiger charge is 2.31. The summed E-state index contributed by atoms with van der Waals surface area (Å²) < 4.78 is 45.8. The van der Waals surface area contributed by atoms with Crippen LogP contribution < -0.4 is 4.74 Å². The van der Waals surface area contributed by atoms with E-state index in [0.717, 1.165) is 12.1 Å². The van der Waals surface area contributed by atoms with Crippen molar-refractivity contribution in [3.63, 3.8) is 0 Å². The lowest BCUT2D eigenvalue weighted by atomic mass is 10.0. The Morgan fingerprint density at radius 1 is 1.23 bits per heavy atom. The molecule has 0 spiro atoms. The van der Waals surface area contributed by atoms with Crippen molar-refractivity contribution >= 4 is 11.8 Å². The van der Waals surface area contributed by atoms with Gasteiger partial charge in [0.1, 0.15) is 17.5 Å². The van der Waals surface area contributed by atoms with E-state index in [1.807, 2.05) is 0 Å². The number of hydrogen-bond donors (Lipinski definition) is 1. The number of rotatable bonds is 8. The molecule has 0 fully saturated rings. The van der Waals surface area contributed by atoms with Crippen molar-refractivity contribution in [2.24, 2.45) is 0 Å². The van der Waals surface area contributed by atoms with Crippen LogP contribution >= 0.6 is 0 Å². The molecule has 0 saturated heterocycles. The number of hydrogen-bond acceptors (Lipinski definition) is 7. The first kappa shape index (κ1) is 22.7. The molecule has 1 aromatic carbocycles. The maximum absolute atomic E-state index is 12.4. The van der Waals surface area contributed by atoms with Crippen molar-refractivity contribution < 1.29 is 37.3 Å². The first-order valence-electron chi connectivity index (χ1n) is 8.79. The number of aromatic nitrogens is 1. The summed E-state index contributed by atoms with van der Waals surface area (Å²) >= 11 is 0. The van der Waals surface area contributed by atoms with Crippen LogP contribution in [-0.4, -0.2) is 34.8 Å². The zero-order valence-corrected chi connectivity index (χ0v) is 15.8. The number of benzene rings is 1. The molecule has 158 valence electrons. The van der Waals surface area contributed by atoms with Gasteiger partial charge in [0.2, 0.25) is 0 Å². The van der Waals surface area contributed by atoms with Crippen molar-refractivity contribution in [2.75, 3.05) is 6.61 Å². The Balaban J connectivity index is 2.26. The summed E-state index contributed by atoms with van der Waals surface area (Å²) in [4.78, 5) is 27.8. The Bertz CT molecular complexity index is 983. The smallest absolute Gasteiger partial charge is 0.504 e. The minimum absolute atomic E-state index is 0.0256. The molecule has 7 nitrogen and oxygen atoms in total. The maximum atomic E-state index is 12.4. The second-order valence-corrected chi connectivity index (χ2v) is 6.07. The summed E-state index contributed by atoms with van der Waals surface area (Å²) in [6.45, 7) is 1.77. The van der Waals surface area contributed by atoms with Gasteiger partial charge in [-0.25, -0.2) is 4.98 Å².